The van der Waals surface area contributed by atoms with Crippen LogP contribution in [0.1, 0.15) is 31.7 Å². The molecular formula is C12H21N3O2. The fourth-order valence-corrected chi connectivity index (χ4v) is 2.04. The molecule has 1 unspecified atom stereocenters. The van der Waals surface area contributed by atoms with Crippen molar-refractivity contribution < 1.29 is 9.90 Å². The molecule has 0 spiro atoms. The molecule has 0 bridgehead atoms. The smallest absolute Gasteiger partial charge is 0.320 e. The van der Waals surface area contributed by atoms with E-state index in [1.54, 1.807) is 0 Å². The van der Waals surface area contributed by atoms with E-state index in [-0.39, 0.29) is 0 Å². The maximum atomic E-state index is 11.1. The normalized spacial score (nSPS) is 13.0. The zero-order valence-corrected chi connectivity index (χ0v) is 11.0. The van der Waals surface area contributed by atoms with E-state index in [0.717, 1.165) is 17.9 Å². The van der Waals surface area contributed by atoms with Crippen molar-refractivity contribution in [3.63, 3.8) is 0 Å². The molecule has 0 fully saturated rings. The SMILES string of the molecule is CCC(C(=O)O)N(C)Cc1cc(C)nn1CC. The summed E-state index contributed by atoms with van der Waals surface area (Å²) in [6.07, 6.45) is 0.602. The highest BCUT2D eigenvalue weighted by Gasteiger charge is 2.21. The average molecular weight is 239 g/mol. The largest absolute Gasteiger partial charge is 0.480 e. The molecule has 0 aliphatic carbocycles. The summed E-state index contributed by atoms with van der Waals surface area (Å²) in [5.41, 5.74) is 2.03. The van der Waals surface area contributed by atoms with Crippen LogP contribution in [-0.2, 0) is 17.9 Å². The molecule has 96 valence electrons. The van der Waals surface area contributed by atoms with Gasteiger partial charge in [0.15, 0.2) is 0 Å². The van der Waals surface area contributed by atoms with Crippen LogP contribution < -0.4 is 0 Å². The van der Waals surface area contributed by atoms with Gasteiger partial charge in [-0.1, -0.05) is 6.92 Å². The predicted octanol–water partition coefficient (Wildman–Crippen LogP) is 1.51. The maximum absolute atomic E-state index is 11.1. The lowest BCUT2D eigenvalue weighted by Gasteiger charge is -2.23. The summed E-state index contributed by atoms with van der Waals surface area (Å²) in [7, 11) is 1.84. The lowest BCUT2D eigenvalue weighted by Crippen LogP contribution is -2.37. The van der Waals surface area contributed by atoms with Gasteiger partial charge in [-0.3, -0.25) is 14.4 Å². The lowest BCUT2D eigenvalue weighted by atomic mass is 10.2. The molecule has 1 rings (SSSR count). The van der Waals surface area contributed by atoms with Crippen molar-refractivity contribution in [2.75, 3.05) is 7.05 Å². The first-order chi connectivity index (χ1) is 7.99. The first kappa shape index (κ1) is 13.7. The van der Waals surface area contributed by atoms with E-state index in [2.05, 4.69) is 5.10 Å². The number of likely N-dealkylation sites (N-methyl/N-ethyl adjacent to an activating group) is 1. The van der Waals surface area contributed by atoms with Gasteiger partial charge >= 0.3 is 5.97 Å². The van der Waals surface area contributed by atoms with Crippen LogP contribution in [0.4, 0.5) is 0 Å². The molecule has 0 saturated carbocycles. The second-order valence-corrected chi connectivity index (χ2v) is 4.27. The number of nitrogens with zero attached hydrogens (tertiary/aromatic N) is 3. The maximum Gasteiger partial charge on any atom is 0.320 e. The number of aliphatic carboxylic acids is 1. The summed E-state index contributed by atoms with van der Waals surface area (Å²) in [5, 5.41) is 13.4. The molecular weight excluding hydrogens is 218 g/mol. The van der Waals surface area contributed by atoms with Crippen LogP contribution in [0.3, 0.4) is 0 Å². The zero-order valence-electron chi connectivity index (χ0n) is 11.0. The topological polar surface area (TPSA) is 58.4 Å². The lowest BCUT2D eigenvalue weighted by molar-refractivity contribution is -0.143. The van der Waals surface area contributed by atoms with Gasteiger partial charge in [0.25, 0.3) is 0 Å². The standard InChI is InChI=1S/C12H21N3O2/c1-5-11(12(16)17)14(4)8-10-7-9(3)13-15(10)6-2/h7,11H,5-6,8H2,1-4H3,(H,16,17). The van der Waals surface area contributed by atoms with Crippen molar-refractivity contribution in [1.82, 2.24) is 14.7 Å². The molecule has 5 heteroatoms. The monoisotopic (exact) mass is 239 g/mol. The van der Waals surface area contributed by atoms with E-state index < -0.39 is 12.0 Å². The molecule has 1 aromatic rings. The molecule has 1 aromatic heterocycles. The van der Waals surface area contributed by atoms with Crippen LogP contribution in [0.15, 0.2) is 6.07 Å². The van der Waals surface area contributed by atoms with Crippen LogP contribution in [0.5, 0.6) is 0 Å². The number of aromatic nitrogens is 2. The molecule has 0 aromatic carbocycles. The second-order valence-electron chi connectivity index (χ2n) is 4.27. The third-order valence-corrected chi connectivity index (χ3v) is 2.90. The molecule has 5 nitrogen and oxygen atoms in total. The van der Waals surface area contributed by atoms with Gasteiger partial charge in [-0.05, 0) is 33.4 Å². The first-order valence-electron chi connectivity index (χ1n) is 5.95. The van der Waals surface area contributed by atoms with Gasteiger partial charge in [-0.25, -0.2) is 0 Å². The van der Waals surface area contributed by atoms with Crippen molar-refractivity contribution >= 4 is 5.97 Å². The Morgan fingerprint density at radius 3 is 2.71 bits per heavy atom. The van der Waals surface area contributed by atoms with Crippen molar-refractivity contribution in [3.8, 4) is 0 Å². The predicted molar refractivity (Wildman–Crippen MR) is 65.8 cm³/mol. The van der Waals surface area contributed by atoms with Gasteiger partial charge in [0.1, 0.15) is 6.04 Å². The zero-order chi connectivity index (χ0) is 13.0. The Balaban J connectivity index is 2.79. The van der Waals surface area contributed by atoms with E-state index in [1.165, 1.54) is 0 Å². The van der Waals surface area contributed by atoms with E-state index in [1.807, 2.05) is 43.5 Å². The van der Waals surface area contributed by atoms with Gasteiger partial charge < -0.3 is 5.11 Å². The van der Waals surface area contributed by atoms with E-state index in [0.29, 0.717) is 13.0 Å². The van der Waals surface area contributed by atoms with Gasteiger partial charge in [0.05, 0.1) is 11.4 Å². The second kappa shape index (κ2) is 5.82. The van der Waals surface area contributed by atoms with Crippen LogP contribution in [0.2, 0.25) is 0 Å². The summed E-state index contributed by atoms with van der Waals surface area (Å²) in [6, 6.07) is 1.57. The summed E-state index contributed by atoms with van der Waals surface area (Å²) >= 11 is 0. The molecule has 1 heterocycles. The molecule has 1 atom stereocenters. The summed E-state index contributed by atoms with van der Waals surface area (Å²) < 4.78 is 1.92. The fraction of sp³-hybridized carbons (Fsp3) is 0.667. The Hall–Kier alpha value is -1.36. The number of carbonyl (C=O) groups is 1. The van der Waals surface area contributed by atoms with Gasteiger partial charge in [0, 0.05) is 13.1 Å². The minimum Gasteiger partial charge on any atom is -0.480 e. The number of carboxylic acid groups (broad SMARTS) is 1. The number of aryl methyl sites for hydroxylation is 2. The van der Waals surface area contributed by atoms with Crippen molar-refractivity contribution in [1.29, 1.82) is 0 Å². The van der Waals surface area contributed by atoms with Gasteiger partial charge in [0.2, 0.25) is 0 Å². The molecule has 0 saturated heterocycles. The Bertz CT molecular complexity index is 387. The Morgan fingerprint density at radius 1 is 1.59 bits per heavy atom. The summed E-state index contributed by atoms with van der Waals surface area (Å²) in [4.78, 5) is 12.9. The van der Waals surface area contributed by atoms with Gasteiger partial charge in [-0.2, -0.15) is 5.10 Å². The summed E-state index contributed by atoms with van der Waals surface area (Å²) in [5.74, 6) is -0.769. The van der Waals surface area contributed by atoms with Crippen LogP contribution in [0, 0.1) is 6.92 Å². The van der Waals surface area contributed by atoms with Crippen molar-refractivity contribution in [2.24, 2.45) is 0 Å². The number of hydrogen-bond donors (Lipinski definition) is 1. The average Bonchev–Trinajstić information content (AvgIpc) is 2.59. The van der Waals surface area contributed by atoms with Crippen molar-refractivity contribution in [3.05, 3.63) is 17.5 Å². The van der Waals surface area contributed by atoms with Crippen LogP contribution in [-0.4, -0.2) is 38.8 Å². The quantitative estimate of drug-likeness (QED) is 0.817. The minimum atomic E-state index is -0.769. The Labute approximate surface area is 102 Å². The molecule has 17 heavy (non-hydrogen) atoms. The third-order valence-electron chi connectivity index (χ3n) is 2.90. The molecule has 1 N–H and O–H groups in total. The van der Waals surface area contributed by atoms with E-state index in [9.17, 15) is 4.79 Å². The third kappa shape index (κ3) is 3.30. The minimum absolute atomic E-state index is 0.435. The highest BCUT2D eigenvalue weighted by Crippen LogP contribution is 2.10. The molecule has 0 amide bonds. The number of hydrogen-bond acceptors (Lipinski definition) is 3. The summed E-state index contributed by atoms with van der Waals surface area (Å²) in [6.45, 7) is 7.28. The molecule has 0 radical (unpaired) electrons. The highest BCUT2D eigenvalue weighted by molar-refractivity contribution is 5.73. The van der Waals surface area contributed by atoms with Crippen LogP contribution >= 0.6 is 0 Å². The Kier molecular flexibility index (Phi) is 4.69. The van der Waals surface area contributed by atoms with Crippen molar-refractivity contribution in [2.45, 2.75) is 46.3 Å². The molecule has 0 aliphatic rings. The number of rotatable bonds is 6. The Morgan fingerprint density at radius 2 is 2.24 bits per heavy atom. The fourth-order valence-electron chi connectivity index (χ4n) is 2.04. The highest BCUT2D eigenvalue weighted by atomic mass is 16.4. The number of carboxylic acids is 1. The van der Waals surface area contributed by atoms with E-state index in [4.69, 9.17) is 5.11 Å². The first-order valence-corrected chi connectivity index (χ1v) is 5.95. The van der Waals surface area contributed by atoms with Crippen LogP contribution in [0.25, 0.3) is 0 Å². The molecule has 0 aliphatic heterocycles. The van der Waals surface area contributed by atoms with E-state index >= 15 is 0 Å². The van der Waals surface area contributed by atoms with Gasteiger partial charge in [-0.15, -0.1) is 0 Å².